The highest BCUT2D eigenvalue weighted by molar-refractivity contribution is 6.31. The Kier molecular flexibility index (Phi) is 7.44. The molecule has 0 atom stereocenters. The van der Waals surface area contributed by atoms with E-state index in [9.17, 15) is 31.1 Å². The van der Waals surface area contributed by atoms with Crippen LogP contribution in [0.3, 0.4) is 0 Å². The molecule has 0 aliphatic rings. The van der Waals surface area contributed by atoms with Crippen LogP contribution < -0.4 is 15.0 Å². The molecule has 0 radical (unpaired) electrons. The first kappa shape index (κ1) is 25.4. The van der Waals surface area contributed by atoms with Crippen molar-refractivity contribution >= 4 is 11.6 Å². The highest BCUT2D eigenvalue weighted by atomic mass is 35.5. The molecule has 1 aromatic heterocycles. The molecule has 0 fully saturated rings. The topological polar surface area (TPSA) is 53.4 Å². The number of hydrogen-bond acceptors (Lipinski definition) is 4. The first-order valence-corrected chi connectivity index (χ1v) is 10.1. The maximum atomic E-state index is 13.0. The van der Waals surface area contributed by atoms with Crippen molar-refractivity contribution in [3.8, 4) is 17.5 Å². The van der Waals surface area contributed by atoms with E-state index in [1.54, 1.807) is 24.3 Å². The van der Waals surface area contributed by atoms with Crippen molar-refractivity contribution in [2.45, 2.75) is 25.2 Å². The third-order valence-electron chi connectivity index (χ3n) is 4.54. The summed E-state index contributed by atoms with van der Waals surface area (Å²) in [6, 6.07) is 9.53. The van der Waals surface area contributed by atoms with Crippen molar-refractivity contribution in [3.05, 3.63) is 80.7 Å². The molecule has 0 saturated carbocycles. The van der Waals surface area contributed by atoms with Crippen LogP contribution in [-0.2, 0) is 26.1 Å². The summed E-state index contributed by atoms with van der Waals surface area (Å²) in [6.45, 7) is 0.0746. The summed E-state index contributed by atoms with van der Waals surface area (Å²) >= 11 is 5.59. The van der Waals surface area contributed by atoms with E-state index in [1.165, 1.54) is 17.7 Å². The maximum Gasteiger partial charge on any atom is 0.417 e. The van der Waals surface area contributed by atoms with E-state index in [1.807, 2.05) is 0 Å². The quantitative estimate of drug-likeness (QED) is 0.370. The fraction of sp³-hybridized carbons (Fsp3) is 0.273. The van der Waals surface area contributed by atoms with Gasteiger partial charge >= 0.3 is 12.4 Å². The molecule has 34 heavy (non-hydrogen) atoms. The first-order valence-electron chi connectivity index (χ1n) is 9.71. The summed E-state index contributed by atoms with van der Waals surface area (Å²) in [5, 5.41) is -0.433. The molecular weight excluding hydrogens is 490 g/mol. The van der Waals surface area contributed by atoms with Gasteiger partial charge in [-0.15, -0.1) is 0 Å². The number of ether oxygens (including phenoxy) is 2. The highest BCUT2D eigenvalue weighted by Crippen LogP contribution is 2.37. The van der Waals surface area contributed by atoms with Crippen molar-refractivity contribution in [3.63, 3.8) is 0 Å². The molecule has 0 saturated heterocycles. The van der Waals surface area contributed by atoms with Gasteiger partial charge in [0.2, 0.25) is 0 Å². The molecule has 12 heteroatoms. The van der Waals surface area contributed by atoms with Crippen molar-refractivity contribution in [1.82, 2.24) is 9.55 Å². The number of benzene rings is 2. The largest absolute Gasteiger partial charge is 0.464 e. The predicted molar refractivity (Wildman–Crippen MR) is 111 cm³/mol. The van der Waals surface area contributed by atoms with Crippen molar-refractivity contribution in [2.24, 2.45) is 7.05 Å². The van der Waals surface area contributed by atoms with Crippen LogP contribution in [0.2, 0.25) is 5.02 Å². The van der Waals surface area contributed by atoms with Crippen LogP contribution in [-0.4, -0.2) is 22.3 Å². The third kappa shape index (κ3) is 6.89. The number of nitrogens with zero attached hydrogens (tertiary/aromatic N) is 2. The molecule has 3 rings (SSSR count). The molecule has 1 heterocycles. The average Bonchev–Trinajstić information content (AvgIpc) is 2.72. The summed E-state index contributed by atoms with van der Waals surface area (Å²) in [4.78, 5) is 15.4. The van der Waals surface area contributed by atoms with Gasteiger partial charge in [0, 0.05) is 25.2 Å². The minimum atomic E-state index is -4.61. The third-order valence-corrected chi connectivity index (χ3v) is 4.87. The molecule has 0 aliphatic heterocycles. The lowest BCUT2D eigenvalue weighted by atomic mass is 10.1. The van der Waals surface area contributed by atoms with Gasteiger partial charge in [-0.05, 0) is 35.9 Å². The lowest BCUT2D eigenvalue weighted by molar-refractivity contribution is -0.137. The summed E-state index contributed by atoms with van der Waals surface area (Å²) in [5.74, 6) is 0.262. The Morgan fingerprint density at radius 1 is 1.00 bits per heavy atom. The second-order valence-electron chi connectivity index (χ2n) is 7.24. The fourth-order valence-corrected chi connectivity index (χ4v) is 3.18. The smallest absolute Gasteiger partial charge is 0.417 e. The van der Waals surface area contributed by atoms with Gasteiger partial charge in [0.15, 0.2) is 0 Å². The fourth-order valence-electron chi connectivity index (χ4n) is 2.96. The molecule has 182 valence electrons. The van der Waals surface area contributed by atoms with Gasteiger partial charge in [0.05, 0.1) is 23.6 Å². The number of alkyl halides is 6. The van der Waals surface area contributed by atoms with Crippen LogP contribution in [0.4, 0.5) is 26.3 Å². The Balaban J connectivity index is 1.59. The van der Waals surface area contributed by atoms with Crippen LogP contribution in [0.5, 0.6) is 17.5 Å². The number of aryl methyl sites for hydroxylation is 1. The normalized spacial score (nSPS) is 12.0. The zero-order valence-electron chi connectivity index (χ0n) is 17.5. The van der Waals surface area contributed by atoms with E-state index in [2.05, 4.69) is 4.98 Å². The van der Waals surface area contributed by atoms with Crippen LogP contribution in [0.25, 0.3) is 0 Å². The molecule has 2 aromatic carbocycles. The van der Waals surface area contributed by atoms with E-state index in [0.717, 1.165) is 23.9 Å². The Morgan fingerprint density at radius 3 is 2.26 bits per heavy atom. The molecule has 0 spiro atoms. The molecule has 3 aromatic rings. The molecule has 5 nitrogen and oxygen atoms in total. The van der Waals surface area contributed by atoms with Crippen LogP contribution >= 0.6 is 11.6 Å². The Labute approximate surface area is 194 Å². The minimum absolute atomic E-state index is 0.0335. The average molecular weight is 507 g/mol. The van der Waals surface area contributed by atoms with Crippen LogP contribution in [0, 0.1) is 0 Å². The van der Waals surface area contributed by atoms with Gasteiger partial charge in [-0.3, -0.25) is 4.79 Å². The monoisotopic (exact) mass is 506 g/mol. The second-order valence-corrected chi connectivity index (χ2v) is 7.65. The summed E-state index contributed by atoms with van der Waals surface area (Å²) in [7, 11) is 1.41. The van der Waals surface area contributed by atoms with Gasteiger partial charge in [-0.2, -0.15) is 31.3 Å². The van der Waals surface area contributed by atoms with Gasteiger partial charge in [-0.25, -0.2) is 0 Å². The van der Waals surface area contributed by atoms with Gasteiger partial charge in [-0.1, -0.05) is 23.7 Å². The molecule has 0 unspecified atom stereocenters. The Bertz CT molecular complexity index is 1210. The lowest BCUT2D eigenvalue weighted by Gasteiger charge is -2.13. The molecule has 0 bridgehead atoms. The highest BCUT2D eigenvalue weighted by Gasteiger charge is 2.33. The first-order chi connectivity index (χ1) is 15.8. The minimum Gasteiger partial charge on any atom is -0.464 e. The summed E-state index contributed by atoms with van der Waals surface area (Å²) in [5.41, 5.74) is -1.73. The van der Waals surface area contributed by atoms with Gasteiger partial charge < -0.3 is 14.0 Å². The number of aromatic nitrogens is 2. The van der Waals surface area contributed by atoms with E-state index in [0.29, 0.717) is 12.2 Å². The lowest BCUT2D eigenvalue weighted by Crippen LogP contribution is -2.24. The maximum absolute atomic E-state index is 13.0. The Morgan fingerprint density at radius 2 is 1.65 bits per heavy atom. The zero-order valence-corrected chi connectivity index (χ0v) is 18.3. The molecule has 0 amide bonds. The zero-order chi connectivity index (χ0) is 25.1. The van der Waals surface area contributed by atoms with E-state index >= 15 is 0 Å². The Hall–Kier alpha value is -3.21. The standard InChI is InChI=1S/C22H17ClF6N2O3/c1-31-12-14(11-21(24,25)26)19(32)30-20(31)33-9-8-13-2-4-15(5-3-13)34-16-6-7-18(23)17(10-16)22(27,28)29/h2-7,10,12H,8-9,11H2,1H3. The molecular formula is C22H17ClF6N2O3. The van der Waals surface area contributed by atoms with Crippen LogP contribution in [0.15, 0.2) is 53.5 Å². The number of halogens is 7. The van der Waals surface area contributed by atoms with Crippen molar-refractivity contribution in [1.29, 1.82) is 0 Å². The summed E-state index contributed by atoms with van der Waals surface area (Å²) < 4.78 is 88.5. The van der Waals surface area contributed by atoms with E-state index < -0.39 is 40.5 Å². The van der Waals surface area contributed by atoms with E-state index in [4.69, 9.17) is 21.1 Å². The van der Waals surface area contributed by atoms with Crippen molar-refractivity contribution < 1.29 is 35.8 Å². The SMILES string of the molecule is Cn1cc(CC(F)(F)F)c(=O)nc1OCCc1ccc(Oc2ccc(Cl)c(C(F)(F)F)c2)cc1. The van der Waals surface area contributed by atoms with Gasteiger partial charge in [0.1, 0.15) is 11.5 Å². The van der Waals surface area contributed by atoms with Crippen LogP contribution in [0.1, 0.15) is 16.7 Å². The van der Waals surface area contributed by atoms with E-state index in [-0.39, 0.29) is 18.4 Å². The number of rotatable bonds is 7. The van der Waals surface area contributed by atoms with Crippen molar-refractivity contribution in [2.75, 3.05) is 6.61 Å². The van der Waals surface area contributed by atoms with Gasteiger partial charge in [0.25, 0.3) is 11.6 Å². The molecule has 0 aliphatic carbocycles. The predicted octanol–water partition coefficient (Wildman–Crippen LogP) is 5.97. The summed E-state index contributed by atoms with van der Waals surface area (Å²) in [6.07, 6.45) is -9.13. The second kappa shape index (κ2) is 9.96. The number of hydrogen-bond donors (Lipinski definition) is 0. The molecule has 0 N–H and O–H groups in total.